The van der Waals surface area contributed by atoms with Crippen LogP contribution < -0.4 is 10.6 Å². The van der Waals surface area contributed by atoms with Crippen molar-refractivity contribution < 1.29 is 19.1 Å². The third-order valence-corrected chi connectivity index (χ3v) is 5.04. The Morgan fingerprint density at radius 2 is 1.66 bits per heavy atom. The highest BCUT2D eigenvalue weighted by Gasteiger charge is 2.11. The van der Waals surface area contributed by atoms with Gasteiger partial charge in [0, 0.05) is 11.3 Å². The SMILES string of the molecule is O=C(NCCOC(=O)c1ccccc1)c1cccc(NC(=O)c2ccc(Cl)s2)c1. The highest BCUT2D eigenvalue weighted by molar-refractivity contribution is 7.18. The molecule has 2 N–H and O–H groups in total. The maximum Gasteiger partial charge on any atom is 0.338 e. The molecule has 0 unspecified atom stereocenters. The highest BCUT2D eigenvalue weighted by atomic mass is 35.5. The van der Waals surface area contributed by atoms with E-state index in [1.54, 1.807) is 60.7 Å². The summed E-state index contributed by atoms with van der Waals surface area (Å²) in [4.78, 5) is 36.8. The van der Waals surface area contributed by atoms with E-state index in [1.807, 2.05) is 6.07 Å². The third-order valence-electron chi connectivity index (χ3n) is 3.81. The molecule has 2 aromatic carbocycles. The fourth-order valence-corrected chi connectivity index (χ4v) is 3.37. The predicted molar refractivity (Wildman–Crippen MR) is 113 cm³/mol. The van der Waals surface area contributed by atoms with Gasteiger partial charge in [-0.15, -0.1) is 11.3 Å². The first-order valence-corrected chi connectivity index (χ1v) is 9.89. The molecule has 0 bridgehead atoms. The molecule has 3 rings (SSSR count). The van der Waals surface area contributed by atoms with Crippen molar-refractivity contribution in [2.75, 3.05) is 18.5 Å². The molecule has 0 saturated carbocycles. The number of carbonyl (C=O) groups excluding carboxylic acids is 3. The van der Waals surface area contributed by atoms with Crippen LogP contribution in [-0.4, -0.2) is 30.9 Å². The Kier molecular flexibility index (Phi) is 6.99. The molecule has 0 saturated heterocycles. The van der Waals surface area contributed by atoms with Gasteiger partial charge in [0.1, 0.15) is 6.61 Å². The topological polar surface area (TPSA) is 84.5 Å². The van der Waals surface area contributed by atoms with Gasteiger partial charge < -0.3 is 15.4 Å². The maximum absolute atomic E-state index is 12.3. The number of carbonyl (C=O) groups is 3. The second-order valence-electron chi connectivity index (χ2n) is 5.90. The van der Waals surface area contributed by atoms with Gasteiger partial charge in [-0.2, -0.15) is 0 Å². The number of nitrogens with one attached hydrogen (secondary N) is 2. The van der Waals surface area contributed by atoms with Crippen LogP contribution in [0.5, 0.6) is 0 Å². The molecule has 29 heavy (non-hydrogen) atoms. The Balaban J connectivity index is 1.49. The van der Waals surface area contributed by atoms with E-state index in [-0.39, 0.29) is 25.0 Å². The number of amides is 2. The third kappa shape index (κ3) is 5.91. The van der Waals surface area contributed by atoms with Crippen molar-refractivity contribution in [3.05, 3.63) is 87.1 Å². The lowest BCUT2D eigenvalue weighted by molar-refractivity contribution is 0.0503. The molecule has 8 heteroatoms. The van der Waals surface area contributed by atoms with Crippen molar-refractivity contribution in [1.82, 2.24) is 5.32 Å². The standard InChI is InChI=1S/C21H17ClN2O4S/c22-18-10-9-17(29-18)20(26)24-16-8-4-7-15(13-16)19(25)23-11-12-28-21(27)14-5-2-1-3-6-14/h1-10,13H,11-12H2,(H,23,25)(H,24,26). The van der Waals surface area contributed by atoms with Crippen LogP contribution in [0.25, 0.3) is 0 Å². The summed E-state index contributed by atoms with van der Waals surface area (Å²) in [5.41, 5.74) is 1.32. The molecule has 1 aromatic heterocycles. The van der Waals surface area contributed by atoms with E-state index in [2.05, 4.69) is 10.6 Å². The van der Waals surface area contributed by atoms with Crippen LogP contribution in [0.4, 0.5) is 5.69 Å². The summed E-state index contributed by atoms with van der Waals surface area (Å²) in [6, 6.07) is 18.5. The fraction of sp³-hybridized carbons (Fsp3) is 0.0952. The molecule has 0 aliphatic rings. The van der Waals surface area contributed by atoms with Gasteiger partial charge in [0.25, 0.3) is 11.8 Å². The Bertz CT molecular complexity index is 1020. The van der Waals surface area contributed by atoms with Gasteiger partial charge in [-0.05, 0) is 42.5 Å². The van der Waals surface area contributed by atoms with Crippen LogP contribution in [0.2, 0.25) is 4.34 Å². The van der Waals surface area contributed by atoms with Gasteiger partial charge in [-0.25, -0.2) is 4.79 Å². The van der Waals surface area contributed by atoms with Gasteiger partial charge in [0.05, 0.1) is 21.3 Å². The average molecular weight is 429 g/mol. The number of hydrogen-bond acceptors (Lipinski definition) is 5. The largest absolute Gasteiger partial charge is 0.460 e. The number of anilines is 1. The minimum atomic E-state index is -0.446. The Hall–Kier alpha value is -3.16. The van der Waals surface area contributed by atoms with Crippen LogP contribution in [0, 0.1) is 0 Å². The summed E-state index contributed by atoms with van der Waals surface area (Å²) in [5, 5.41) is 5.41. The zero-order valence-electron chi connectivity index (χ0n) is 15.2. The van der Waals surface area contributed by atoms with E-state index in [1.165, 1.54) is 11.3 Å². The lowest BCUT2D eigenvalue weighted by Gasteiger charge is -2.09. The number of ether oxygens (including phenoxy) is 1. The summed E-state index contributed by atoms with van der Waals surface area (Å²) in [5.74, 6) is -1.08. The van der Waals surface area contributed by atoms with Gasteiger partial charge in [0.2, 0.25) is 0 Å². The number of thiophene rings is 1. The van der Waals surface area contributed by atoms with E-state index in [9.17, 15) is 14.4 Å². The second kappa shape index (κ2) is 9.86. The van der Waals surface area contributed by atoms with Gasteiger partial charge in [0.15, 0.2) is 0 Å². The molecule has 6 nitrogen and oxygen atoms in total. The zero-order valence-corrected chi connectivity index (χ0v) is 16.8. The number of rotatable bonds is 7. The molecular weight excluding hydrogens is 412 g/mol. The molecule has 2 amide bonds. The first-order valence-electron chi connectivity index (χ1n) is 8.70. The highest BCUT2D eigenvalue weighted by Crippen LogP contribution is 2.22. The van der Waals surface area contributed by atoms with Crippen LogP contribution in [0.15, 0.2) is 66.7 Å². The summed E-state index contributed by atoms with van der Waals surface area (Å²) in [6.45, 7) is 0.219. The lowest BCUT2D eigenvalue weighted by atomic mass is 10.2. The summed E-state index contributed by atoms with van der Waals surface area (Å²) >= 11 is 7.02. The van der Waals surface area contributed by atoms with Crippen molar-refractivity contribution in [3.8, 4) is 0 Å². The molecule has 0 aliphatic carbocycles. The Labute approximate surface area is 176 Å². The number of hydrogen-bond donors (Lipinski definition) is 2. The molecular formula is C21H17ClN2O4S. The molecule has 0 aliphatic heterocycles. The minimum Gasteiger partial charge on any atom is -0.460 e. The fourth-order valence-electron chi connectivity index (χ4n) is 2.44. The minimum absolute atomic E-state index is 0.0506. The first kappa shape index (κ1) is 20.6. The molecule has 1 heterocycles. The van der Waals surface area contributed by atoms with Crippen LogP contribution in [0.1, 0.15) is 30.4 Å². The first-order chi connectivity index (χ1) is 14.0. The van der Waals surface area contributed by atoms with E-state index in [4.69, 9.17) is 16.3 Å². The van der Waals surface area contributed by atoms with E-state index < -0.39 is 5.97 Å². The normalized spacial score (nSPS) is 10.2. The van der Waals surface area contributed by atoms with Crippen molar-refractivity contribution in [1.29, 1.82) is 0 Å². The molecule has 148 valence electrons. The van der Waals surface area contributed by atoms with Crippen LogP contribution in [-0.2, 0) is 4.74 Å². The summed E-state index contributed by atoms with van der Waals surface area (Å²) < 4.78 is 5.65. The predicted octanol–water partition coefficient (Wildman–Crippen LogP) is 4.24. The van der Waals surface area contributed by atoms with Crippen molar-refractivity contribution in [3.63, 3.8) is 0 Å². The summed E-state index contributed by atoms with van der Waals surface area (Å²) in [6.07, 6.45) is 0. The lowest BCUT2D eigenvalue weighted by Crippen LogP contribution is -2.28. The van der Waals surface area contributed by atoms with Crippen molar-refractivity contribution in [2.45, 2.75) is 0 Å². The number of benzene rings is 2. The zero-order chi connectivity index (χ0) is 20.6. The molecule has 0 spiro atoms. The van der Waals surface area contributed by atoms with Crippen LogP contribution in [0.3, 0.4) is 0 Å². The summed E-state index contributed by atoms with van der Waals surface area (Å²) in [7, 11) is 0. The Morgan fingerprint density at radius 1 is 0.897 bits per heavy atom. The van der Waals surface area contributed by atoms with Gasteiger partial charge in [-0.1, -0.05) is 35.9 Å². The maximum atomic E-state index is 12.3. The number of esters is 1. The monoisotopic (exact) mass is 428 g/mol. The quantitative estimate of drug-likeness (QED) is 0.435. The average Bonchev–Trinajstić information content (AvgIpc) is 3.18. The second-order valence-corrected chi connectivity index (χ2v) is 7.61. The van der Waals surface area contributed by atoms with Gasteiger partial charge >= 0.3 is 5.97 Å². The van der Waals surface area contributed by atoms with E-state index in [0.29, 0.717) is 26.0 Å². The smallest absolute Gasteiger partial charge is 0.338 e. The molecule has 0 atom stereocenters. The van der Waals surface area contributed by atoms with Gasteiger partial charge in [-0.3, -0.25) is 9.59 Å². The number of halogens is 1. The molecule has 3 aromatic rings. The van der Waals surface area contributed by atoms with Crippen molar-refractivity contribution in [2.24, 2.45) is 0 Å². The van der Waals surface area contributed by atoms with Crippen molar-refractivity contribution >= 4 is 46.4 Å². The van der Waals surface area contributed by atoms with E-state index in [0.717, 1.165) is 0 Å². The molecule has 0 radical (unpaired) electrons. The molecule has 0 fully saturated rings. The van der Waals surface area contributed by atoms with Crippen LogP contribution >= 0.6 is 22.9 Å². The Morgan fingerprint density at radius 3 is 2.38 bits per heavy atom. The van der Waals surface area contributed by atoms with E-state index >= 15 is 0 Å².